The molecule has 5 heteroatoms. The molecule has 0 saturated heterocycles. The van der Waals surface area contributed by atoms with Gasteiger partial charge in [0.25, 0.3) is 0 Å². The van der Waals surface area contributed by atoms with Crippen LogP contribution in [0.1, 0.15) is 36.7 Å². The molecule has 0 saturated carbocycles. The molecule has 1 aromatic rings. The third-order valence-corrected chi connectivity index (χ3v) is 3.43. The number of hydrogen-bond acceptors (Lipinski definition) is 4. The number of allylic oxidation sites excluding steroid dienone is 2. The van der Waals surface area contributed by atoms with Gasteiger partial charge >= 0.3 is 0 Å². The summed E-state index contributed by atoms with van der Waals surface area (Å²) in [5.41, 5.74) is 0.408. The van der Waals surface area contributed by atoms with Crippen LogP contribution in [-0.2, 0) is 4.79 Å². The van der Waals surface area contributed by atoms with Crippen LogP contribution < -0.4 is 5.32 Å². The van der Waals surface area contributed by atoms with E-state index in [4.69, 9.17) is 0 Å². The first-order chi connectivity index (χ1) is 8.15. The molecule has 0 radical (unpaired) electrons. The molecule has 17 heavy (non-hydrogen) atoms. The molecule has 1 amide bonds. The van der Waals surface area contributed by atoms with Crippen molar-refractivity contribution in [2.24, 2.45) is 5.92 Å². The Morgan fingerprint density at radius 1 is 1.59 bits per heavy atom. The lowest BCUT2D eigenvalue weighted by atomic mass is 10.1. The van der Waals surface area contributed by atoms with Crippen LogP contribution in [0, 0.1) is 5.92 Å². The fourth-order valence-corrected chi connectivity index (χ4v) is 2.53. The molecular formula is C12H14N2O2S. The van der Waals surface area contributed by atoms with Gasteiger partial charge in [0.05, 0.1) is 0 Å². The Balaban J connectivity index is 1.88. The van der Waals surface area contributed by atoms with Gasteiger partial charge in [-0.25, -0.2) is 4.98 Å². The second kappa shape index (κ2) is 5.23. The fraction of sp³-hybridized carbons (Fsp3) is 0.417. The van der Waals surface area contributed by atoms with Crippen LogP contribution in [0.3, 0.4) is 0 Å². The van der Waals surface area contributed by atoms with Gasteiger partial charge < -0.3 is 5.32 Å². The summed E-state index contributed by atoms with van der Waals surface area (Å²) in [6.07, 6.45) is 6.79. The topological polar surface area (TPSA) is 59.1 Å². The SMILES string of the molecule is CC(=O)c1csc(NC(=O)CC2C=CCC2)n1. The molecule has 1 aromatic heterocycles. The molecule has 4 nitrogen and oxygen atoms in total. The molecule has 2 rings (SSSR count). The number of aromatic nitrogens is 1. The minimum atomic E-state index is -0.0829. The number of ketones is 1. The molecule has 1 atom stereocenters. The number of amides is 1. The van der Waals surface area contributed by atoms with Crippen LogP contribution in [0.5, 0.6) is 0 Å². The molecule has 0 aromatic carbocycles. The summed E-state index contributed by atoms with van der Waals surface area (Å²) in [7, 11) is 0. The molecular weight excluding hydrogens is 236 g/mol. The fourth-order valence-electron chi connectivity index (χ4n) is 1.77. The summed E-state index contributed by atoms with van der Waals surface area (Å²) in [6.45, 7) is 1.46. The monoisotopic (exact) mass is 250 g/mol. The summed E-state index contributed by atoms with van der Waals surface area (Å²) in [6, 6.07) is 0. The van der Waals surface area contributed by atoms with Gasteiger partial charge in [-0.2, -0.15) is 0 Å². The van der Waals surface area contributed by atoms with E-state index in [1.165, 1.54) is 18.3 Å². The van der Waals surface area contributed by atoms with E-state index in [1.54, 1.807) is 5.38 Å². The van der Waals surface area contributed by atoms with Crippen molar-refractivity contribution in [1.29, 1.82) is 0 Å². The van der Waals surface area contributed by atoms with Gasteiger partial charge in [-0.3, -0.25) is 9.59 Å². The Hall–Kier alpha value is -1.49. The highest BCUT2D eigenvalue weighted by molar-refractivity contribution is 7.14. The molecule has 90 valence electrons. The number of rotatable bonds is 4. The quantitative estimate of drug-likeness (QED) is 0.660. The predicted molar refractivity (Wildman–Crippen MR) is 67.2 cm³/mol. The molecule has 0 aliphatic heterocycles. The lowest BCUT2D eigenvalue weighted by Gasteiger charge is -2.06. The van der Waals surface area contributed by atoms with Crippen LogP contribution in [0.4, 0.5) is 5.13 Å². The van der Waals surface area contributed by atoms with Crippen LogP contribution in [0.15, 0.2) is 17.5 Å². The van der Waals surface area contributed by atoms with E-state index in [9.17, 15) is 9.59 Å². The van der Waals surface area contributed by atoms with Crippen molar-refractivity contribution >= 4 is 28.2 Å². The van der Waals surface area contributed by atoms with Crippen LogP contribution in [0.25, 0.3) is 0 Å². The molecule has 0 spiro atoms. The van der Waals surface area contributed by atoms with Crippen molar-refractivity contribution < 1.29 is 9.59 Å². The maximum atomic E-state index is 11.7. The highest BCUT2D eigenvalue weighted by Gasteiger charge is 2.15. The van der Waals surface area contributed by atoms with Gasteiger partial charge in [0.2, 0.25) is 5.91 Å². The first-order valence-electron chi connectivity index (χ1n) is 5.58. The molecule has 1 heterocycles. The second-order valence-corrected chi connectivity index (χ2v) is 4.97. The molecule has 1 unspecified atom stereocenters. The summed E-state index contributed by atoms with van der Waals surface area (Å²) >= 11 is 1.28. The van der Waals surface area contributed by atoms with Gasteiger partial charge in [0.1, 0.15) is 5.69 Å². The standard InChI is InChI=1S/C12H14N2O2S/c1-8(15)10-7-17-12(13-10)14-11(16)6-9-4-2-3-5-9/h2,4,7,9H,3,5-6H2,1H3,(H,13,14,16). The third kappa shape index (κ3) is 3.23. The Kier molecular flexibility index (Phi) is 3.68. The van der Waals surface area contributed by atoms with Crippen molar-refractivity contribution in [1.82, 2.24) is 4.98 Å². The molecule has 0 fully saturated rings. The van der Waals surface area contributed by atoms with Crippen molar-refractivity contribution in [3.63, 3.8) is 0 Å². The highest BCUT2D eigenvalue weighted by Crippen LogP contribution is 2.22. The zero-order chi connectivity index (χ0) is 12.3. The number of carbonyl (C=O) groups is 2. The van der Waals surface area contributed by atoms with Crippen LogP contribution in [-0.4, -0.2) is 16.7 Å². The van der Waals surface area contributed by atoms with Crippen molar-refractivity contribution in [2.75, 3.05) is 5.32 Å². The molecule has 1 aliphatic carbocycles. The highest BCUT2D eigenvalue weighted by atomic mass is 32.1. The van der Waals surface area contributed by atoms with Gasteiger partial charge in [-0.05, 0) is 18.8 Å². The molecule has 0 bridgehead atoms. The number of nitrogens with one attached hydrogen (secondary N) is 1. The second-order valence-electron chi connectivity index (χ2n) is 4.11. The lowest BCUT2D eigenvalue weighted by molar-refractivity contribution is -0.116. The smallest absolute Gasteiger partial charge is 0.226 e. The first-order valence-corrected chi connectivity index (χ1v) is 6.46. The van der Waals surface area contributed by atoms with Crippen molar-refractivity contribution in [2.45, 2.75) is 26.2 Å². The van der Waals surface area contributed by atoms with Crippen molar-refractivity contribution in [3.8, 4) is 0 Å². The number of thiazole rings is 1. The molecule has 1 N–H and O–H groups in total. The van der Waals surface area contributed by atoms with Gasteiger partial charge in [-0.1, -0.05) is 12.2 Å². The summed E-state index contributed by atoms with van der Waals surface area (Å²) in [5, 5.41) is 4.89. The largest absolute Gasteiger partial charge is 0.302 e. The van der Waals surface area contributed by atoms with E-state index in [0.29, 0.717) is 23.2 Å². The zero-order valence-electron chi connectivity index (χ0n) is 9.60. The third-order valence-electron chi connectivity index (χ3n) is 2.67. The minimum Gasteiger partial charge on any atom is -0.302 e. The number of carbonyl (C=O) groups excluding carboxylic acids is 2. The van der Waals surface area contributed by atoms with Crippen LogP contribution in [0.2, 0.25) is 0 Å². The average molecular weight is 250 g/mol. The summed E-state index contributed by atoms with van der Waals surface area (Å²) < 4.78 is 0. The number of hydrogen-bond donors (Lipinski definition) is 1. The van der Waals surface area contributed by atoms with E-state index in [0.717, 1.165) is 12.8 Å². The van der Waals surface area contributed by atoms with E-state index in [-0.39, 0.29) is 11.7 Å². The van der Waals surface area contributed by atoms with Crippen LogP contribution >= 0.6 is 11.3 Å². The first kappa shape index (κ1) is 12.0. The normalized spacial score (nSPS) is 18.3. The Morgan fingerprint density at radius 2 is 2.41 bits per heavy atom. The van der Waals surface area contributed by atoms with E-state index >= 15 is 0 Å². The predicted octanol–water partition coefficient (Wildman–Crippen LogP) is 2.64. The van der Waals surface area contributed by atoms with E-state index in [1.807, 2.05) is 0 Å². The van der Waals surface area contributed by atoms with Gasteiger partial charge in [0, 0.05) is 18.7 Å². The van der Waals surface area contributed by atoms with Gasteiger partial charge in [-0.15, -0.1) is 11.3 Å². The zero-order valence-corrected chi connectivity index (χ0v) is 10.4. The molecule has 1 aliphatic rings. The van der Waals surface area contributed by atoms with Crippen molar-refractivity contribution in [3.05, 3.63) is 23.2 Å². The number of Topliss-reactive ketones (excluding diaryl/α,β-unsaturated/α-hetero) is 1. The summed E-state index contributed by atoms with van der Waals surface area (Å²) in [5.74, 6) is 0.230. The maximum absolute atomic E-state index is 11.7. The Labute approximate surface area is 104 Å². The Morgan fingerprint density at radius 3 is 3.00 bits per heavy atom. The lowest BCUT2D eigenvalue weighted by Crippen LogP contribution is -2.14. The number of anilines is 1. The van der Waals surface area contributed by atoms with E-state index < -0.39 is 0 Å². The maximum Gasteiger partial charge on any atom is 0.226 e. The van der Waals surface area contributed by atoms with E-state index in [2.05, 4.69) is 22.5 Å². The minimum absolute atomic E-state index is 0.0361. The average Bonchev–Trinajstić information content (AvgIpc) is 2.88. The Bertz CT molecular complexity index is 465. The summed E-state index contributed by atoms with van der Waals surface area (Å²) in [4.78, 5) is 26.8. The number of nitrogens with zero attached hydrogens (tertiary/aromatic N) is 1. The van der Waals surface area contributed by atoms with Gasteiger partial charge in [0.15, 0.2) is 10.9 Å².